The molecule has 1 fully saturated rings. The Labute approximate surface area is 100 Å². The molecule has 0 aromatic carbocycles. The Morgan fingerprint density at radius 2 is 2.44 bits per heavy atom. The zero-order chi connectivity index (χ0) is 11.6. The number of thiophene rings is 1. The van der Waals surface area contributed by atoms with Crippen LogP contribution in [0.15, 0.2) is 10.8 Å². The van der Waals surface area contributed by atoms with Gasteiger partial charge in [0.15, 0.2) is 0 Å². The molecule has 1 unspecified atom stereocenters. The van der Waals surface area contributed by atoms with E-state index in [1.54, 1.807) is 11.3 Å². The van der Waals surface area contributed by atoms with Crippen LogP contribution >= 0.6 is 11.3 Å². The highest BCUT2D eigenvalue weighted by Gasteiger charge is 2.35. The van der Waals surface area contributed by atoms with Gasteiger partial charge >= 0.3 is 0 Å². The van der Waals surface area contributed by atoms with Gasteiger partial charge in [-0.25, -0.2) is 0 Å². The van der Waals surface area contributed by atoms with Gasteiger partial charge in [-0.15, -0.1) is 0 Å². The number of aryl methyl sites for hydroxylation is 1. The molecule has 3 nitrogen and oxygen atoms in total. The minimum absolute atomic E-state index is 0.121. The van der Waals surface area contributed by atoms with Crippen LogP contribution in [0.2, 0.25) is 0 Å². The number of carbonyl (C=O) groups excluding carboxylic acids is 1. The van der Waals surface area contributed by atoms with E-state index in [1.165, 1.54) is 11.1 Å². The van der Waals surface area contributed by atoms with Gasteiger partial charge in [0.2, 0.25) is 5.91 Å². The van der Waals surface area contributed by atoms with E-state index < -0.39 is 0 Å². The van der Waals surface area contributed by atoms with E-state index in [2.05, 4.69) is 28.3 Å². The van der Waals surface area contributed by atoms with Crippen molar-refractivity contribution in [2.75, 3.05) is 6.54 Å². The topological polar surface area (TPSA) is 41.1 Å². The number of rotatable bonds is 3. The minimum atomic E-state index is -0.357. The van der Waals surface area contributed by atoms with Gasteiger partial charge in [-0.1, -0.05) is 0 Å². The normalized spacial score (nSPS) is 24.6. The van der Waals surface area contributed by atoms with Crippen molar-refractivity contribution >= 4 is 17.2 Å². The Morgan fingerprint density at radius 3 is 3.00 bits per heavy atom. The largest absolute Gasteiger partial charge is 0.350 e. The standard InChI is InChI=1S/C12H18N2OS/c1-9-7-16-8-10(9)6-13-11(15)12(2)4-3-5-14-12/h7-8,14H,3-6H2,1-2H3,(H,13,15). The molecule has 4 heteroatoms. The molecule has 1 aromatic rings. The second kappa shape index (κ2) is 4.55. The average Bonchev–Trinajstić information content (AvgIpc) is 2.85. The Morgan fingerprint density at radius 1 is 1.62 bits per heavy atom. The summed E-state index contributed by atoms with van der Waals surface area (Å²) in [5, 5.41) is 10.5. The maximum atomic E-state index is 12.0. The summed E-state index contributed by atoms with van der Waals surface area (Å²) in [5.74, 6) is 0.121. The number of amides is 1. The molecule has 0 saturated carbocycles. The van der Waals surface area contributed by atoms with Crippen LogP contribution in [0.25, 0.3) is 0 Å². The molecule has 1 aliphatic heterocycles. The fourth-order valence-electron chi connectivity index (χ4n) is 2.03. The molecule has 1 aliphatic rings. The van der Waals surface area contributed by atoms with E-state index in [0.717, 1.165) is 19.4 Å². The molecule has 0 spiro atoms. The lowest BCUT2D eigenvalue weighted by Gasteiger charge is -2.23. The highest BCUT2D eigenvalue weighted by atomic mass is 32.1. The highest BCUT2D eigenvalue weighted by molar-refractivity contribution is 7.08. The van der Waals surface area contributed by atoms with Crippen LogP contribution in [0, 0.1) is 6.92 Å². The lowest BCUT2D eigenvalue weighted by atomic mass is 9.99. The van der Waals surface area contributed by atoms with Crippen molar-refractivity contribution in [3.8, 4) is 0 Å². The first-order valence-electron chi connectivity index (χ1n) is 5.67. The molecule has 1 amide bonds. The summed E-state index contributed by atoms with van der Waals surface area (Å²) in [6.07, 6.45) is 2.02. The summed E-state index contributed by atoms with van der Waals surface area (Å²) >= 11 is 1.68. The van der Waals surface area contributed by atoms with Crippen molar-refractivity contribution in [2.24, 2.45) is 0 Å². The summed E-state index contributed by atoms with van der Waals surface area (Å²) in [7, 11) is 0. The summed E-state index contributed by atoms with van der Waals surface area (Å²) < 4.78 is 0. The van der Waals surface area contributed by atoms with E-state index in [9.17, 15) is 4.79 Å². The third-order valence-electron chi connectivity index (χ3n) is 3.27. The van der Waals surface area contributed by atoms with Gasteiger partial charge in [-0.3, -0.25) is 4.79 Å². The van der Waals surface area contributed by atoms with Gasteiger partial charge in [0, 0.05) is 6.54 Å². The van der Waals surface area contributed by atoms with Gasteiger partial charge in [0.05, 0.1) is 5.54 Å². The molecule has 1 aromatic heterocycles. The van der Waals surface area contributed by atoms with Gasteiger partial charge in [-0.05, 0) is 55.1 Å². The fourth-order valence-corrected chi connectivity index (χ4v) is 2.88. The molecule has 0 radical (unpaired) electrons. The first kappa shape index (κ1) is 11.6. The fraction of sp³-hybridized carbons (Fsp3) is 0.583. The maximum Gasteiger partial charge on any atom is 0.240 e. The zero-order valence-electron chi connectivity index (χ0n) is 9.80. The Balaban J connectivity index is 1.91. The van der Waals surface area contributed by atoms with E-state index in [0.29, 0.717) is 6.54 Å². The first-order chi connectivity index (χ1) is 7.62. The molecular weight excluding hydrogens is 220 g/mol. The van der Waals surface area contributed by atoms with Crippen molar-refractivity contribution in [2.45, 2.75) is 38.8 Å². The second-order valence-corrected chi connectivity index (χ2v) is 5.37. The summed E-state index contributed by atoms with van der Waals surface area (Å²) in [4.78, 5) is 12.0. The van der Waals surface area contributed by atoms with Crippen molar-refractivity contribution in [3.05, 3.63) is 21.9 Å². The summed E-state index contributed by atoms with van der Waals surface area (Å²) in [5.41, 5.74) is 2.12. The third-order valence-corrected chi connectivity index (χ3v) is 4.18. The van der Waals surface area contributed by atoms with E-state index in [4.69, 9.17) is 0 Å². The first-order valence-corrected chi connectivity index (χ1v) is 6.61. The summed E-state index contributed by atoms with van der Waals surface area (Å²) in [6, 6.07) is 0. The molecule has 16 heavy (non-hydrogen) atoms. The van der Waals surface area contributed by atoms with Gasteiger partial charge in [0.25, 0.3) is 0 Å². The van der Waals surface area contributed by atoms with E-state index >= 15 is 0 Å². The van der Waals surface area contributed by atoms with Crippen molar-refractivity contribution in [3.63, 3.8) is 0 Å². The molecule has 2 N–H and O–H groups in total. The molecule has 1 saturated heterocycles. The second-order valence-electron chi connectivity index (χ2n) is 4.63. The Hall–Kier alpha value is -0.870. The quantitative estimate of drug-likeness (QED) is 0.843. The van der Waals surface area contributed by atoms with Crippen LogP contribution in [0.4, 0.5) is 0 Å². The van der Waals surface area contributed by atoms with Crippen LogP contribution in [-0.4, -0.2) is 18.0 Å². The Kier molecular flexibility index (Phi) is 3.30. The highest BCUT2D eigenvalue weighted by Crippen LogP contribution is 2.19. The molecule has 2 rings (SSSR count). The minimum Gasteiger partial charge on any atom is -0.350 e. The van der Waals surface area contributed by atoms with Crippen LogP contribution in [0.3, 0.4) is 0 Å². The monoisotopic (exact) mass is 238 g/mol. The predicted octanol–water partition coefficient (Wildman–Crippen LogP) is 1.81. The molecule has 88 valence electrons. The molecule has 0 bridgehead atoms. The molecule has 0 aliphatic carbocycles. The van der Waals surface area contributed by atoms with Gasteiger partial charge in [-0.2, -0.15) is 11.3 Å². The number of carbonyl (C=O) groups is 1. The molecule has 2 heterocycles. The smallest absolute Gasteiger partial charge is 0.240 e. The number of hydrogen-bond acceptors (Lipinski definition) is 3. The zero-order valence-corrected chi connectivity index (χ0v) is 10.6. The van der Waals surface area contributed by atoms with Gasteiger partial charge < -0.3 is 10.6 Å². The van der Waals surface area contributed by atoms with Crippen LogP contribution in [-0.2, 0) is 11.3 Å². The molecule has 1 atom stereocenters. The molecular formula is C12H18N2OS. The Bertz CT molecular complexity index is 380. The van der Waals surface area contributed by atoms with Crippen LogP contribution in [0.5, 0.6) is 0 Å². The SMILES string of the molecule is Cc1cscc1CNC(=O)C1(C)CCCN1. The van der Waals surface area contributed by atoms with Crippen LogP contribution < -0.4 is 10.6 Å². The lowest BCUT2D eigenvalue weighted by molar-refractivity contribution is -0.126. The number of nitrogens with one attached hydrogen (secondary N) is 2. The number of hydrogen-bond donors (Lipinski definition) is 2. The van der Waals surface area contributed by atoms with E-state index in [-0.39, 0.29) is 11.4 Å². The van der Waals surface area contributed by atoms with Crippen LogP contribution in [0.1, 0.15) is 30.9 Å². The predicted molar refractivity (Wildman–Crippen MR) is 66.5 cm³/mol. The van der Waals surface area contributed by atoms with Gasteiger partial charge in [0.1, 0.15) is 0 Å². The van der Waals surface area contributed by atoms with Crippen molar-refractivity contribution in [1.82, 2.24) is 10.6 Å². The average molecular weight is 238 g/mol. The van der Waals surface area contributed by atoms with E-state index in [1.807, 2.05) is 6.92 Å². The van der Waals surface area contributed by atoms with Crippen molar-refractivity contribution < 1.29 is 4.79 Å². The lowest BCUT2D eigenvalue weighted by Crippen LogP contribution is -2.50. The third kappa shape index (κ3) is 2.28. The van der Waals surface area contributed by atoms with Crippen molar-refractivity contribution in [1.29, 1.82) is 0 Å². The maximum absolute atomic E-state index is 12.0. The summed E-state index contributed by atoms with van der Waals surface area (Å²) in [6.45, 7) is 5.65.